The number of aromatic nitrogens is 4. The quantitative estimate of drug-likeness (QED) is 0.411. The summed E-state index contributed by atoms with van der Waals surface area (Å²) in [5.41, 5.74) is 3.85. The van der Waals surface area contributed by atoms with Crippen molar-refractivity contribution in [1.29, 1.82) is 0 Å². The first kappa shape index (κ1) is 19.6. The maximum Gasteiger partial charge on any atom is 0.234 e. The molecule has 2 heterocycles. The van der Waals surface area contributed by atoms with Crippen molar-refractivity contribution >= 4 is 16.3 Å². The molecule has 0 saturated carbocycles. The fourth-order valence-corrected chi connectivity index (χ4v) is 4.21. The molecule has 0 bridgehead atoms. The maximum absolute atomic E-state index is 5.85. The van der Waals surface area contributed by atoms with Gasteiger partial charge < -0.3 is 4.74 Å². The Morgan fingerprint density at radius 2 is 1.69 bits per heavy atom. The lowest BCUT2D eigenvalue weighted by atomic mass is 9.97. The molecule has 4 rings (SSSR count). The van der Waals surface area contributed by atoms with Crippen LogP contribution in [0.4, 0.5) is 0 Å². The van der Waals surface area contributed by atoms with Gasteiger partial charge in [0, 0.05) is 5.92 Å². The van der Waals surface area contributed by atoms with Crippen LogP contribution in [0.15, 0.2) is 48.5 Å². The highest BCUT2D eigenvalue weighted by Gasteiger charge is 2.18. The largest absolute Gasteiger partial charge is 0.486 e. The minimum absolute atomic E-state index is 0.209. The van der Waals surface area contributed by atoms with E-state index in [2.05, 4.69) is 62.2 Å². The first-order chi connectivity index (χ1) is 14.0. The third kappa shape index (κ3) is 4.48. The molecule has 0 aliphatic heterocycles. The lowest BCUT2D eigenvalue weighted by molar-refractivity contribution is 0.292. The van der Waals surface area contributed by atoms with Crippen LogP contribution in [0.25, 0.3) is 4.96 Å². The maximum atomic E-state index is 5.85. The SMILES string of the molecule is Cc1ccc(OCc2nnc3sc(C(C)c4ccc(CC(C)C)cc4)nn23)cc1. The van der Waals surface area contributed by atoms with E-state index in [4.69, 9.17) is 9.84 Å². The van der Waals surface area contributed by atoms with E-state index in [1.54, 1.807) is 15.9 Å². The Balaban J connectivity index is 1.49. The van der Waals surface area contributed by atoms with Crippen LogP contribution in [0, 0.1) is 12.8 Å². The van der Waals surface area contributed by atoms with E-state index >= 15 is 0 Å². The smallest absolute Gasteiger partial charge is 0.234 e. The van der Waals surface area contributed by atoms with Gasteiger partial charge in [0.2, 0.25) is 4.96 Å². The molecule has 2 aromatic heterocycles. The van der Waals surface area contributed by atoms with Crippen LogP contribution in [0.5, 0.6) is 5.75 Å². The van der Waals surface area contributed by atoms with Gasteiger partial charge in [-0.3, -0.25) is 0 Å². The third-order valence-corrected chi connectivity index (χ3v) is 6.04. The van der Waals surface area contributed by atoms with Crippen molar-refractivity contribution in [2.45, 2.75) is 46.6 Å². The van der Waals surface area contributed by atoms with Gasteiger partial charge in [-0.25, -0.2) is 0 Å². The average molecular weight is 407 g/mol. The van der Waals surface area contributed by atoms with E-state index in [-0.39, 0.29) is 5.92 Å². The molecule has 1 unspecified atom stereocenters. The van der Waals surface area contributed by atoms with Crippen LogP contribution in [0.2, 0.25) is 0 Å². The van der Waals surface area contributed by atoms with Crippen molar-refractivity contribution < 1.29 is 4.74 Å². The first-order valence-corrected chi connectivity index (χ1v) is 10.8. The second-order valence-electron chi connectivity index (χ2n) is 7.91. The second-order valence-corrected chi connectivity index (χ2v) is 8.90. The Hall–Kier alpha value is -2.73. The van der Waals surface area contributed by atoms with Crippen LogP contribution in [0.1, 0.15) is 54.2 Å². The topological polar surface area (TPSA) is 52.3 Å². The van der Waals surface area contributed by atoms with E-state index < -0.39 is 0 Å². The van der Waals surface area contributed by atoms with Gasteiger partial charge in [0.15, 0.2) is 5.82 Å². The summed E-state index contributed by atoms with van der Waals surface area (Å²) < 4.78 is 7.66. The molecule has 0 aliphatic rings. The predicted molar refractivity (Wildman–Crippen MR) is 117 cm³/mol. The first-order valence-electron chi connectivity index (χ1n) is 9.99. The number of fused-ring (bicyclic) bond motifs is 1. The molecule has 6 heteroatoms. The molecule has 29 heavy (non-hydrogen) atoms. The van der Waals surface area contributed by atoms with Crippen molar-refractivity contribution in [3.05, 3.63) is 76.1 Å². The Bertz CT molecular complexity index is 1080. The van der Waals surface area contributed by atoms with Crippen LogP contribution in [0.3, 0.4) is 0 Å². The molecule has 4 aromatic rings. The number of aryl methyl sites for hydroxylation is 1. The van der Waals surface area contributed by atoms with Crippen LogP contribution in [-0.2, 0) is 13.0 Å². The third-order valence-electron chi connectivity index (χ3n) is 4.95. The van der Waals surface area contributed by atoms with Crippen molar-refractivity contribution in [2.24, 2.45) is 5.92 Å². The standard InChI is InChI=1S/C23H26N4OS/c1-15(2)13-18-7-9-19(10-8-18)17(4)22-26-27-21(24-25-23(27)29-22)14-28-20-11-5-16(3)6-12-20/h5-12,15,17H,13-14H2,1-4H3. The summed E-state index contributed by atoms with van der Waals surface area (Å²) in [7, 11) is 0. The summed E-state index contributed by atoms with van der Waals surface area (Å²) in [5.74, 6) is 2.40. The highest BCUT2D eigenvalue weighted by Crippen LogP contribution is 2.28. The summed E-state index contributed by atoms with van der Waals surface area (Å²) in [4.78, 5) is 0.797. The number of hydrogen-bond donors (Lipinski definition) is 0. The van der Waals surface area contributed by atoms with Gasteiger partial charge in [0.1, 0.15) is 17.4 Å². The summed E-state index contributed by atoms with van der Waals surface area (Å²) in [6.07, 6.45) is 1.11. The van der Waals surface area contributed by atoms with Gasteiger partial charge in [-0.2, -0.15) is 9.61 Å². The van der Waals surface area contributed by atoms with Crippen molar-refractivity contribution in [1.82, 2.24) is 19.8 Å². The number of hydrogen-bond acceptors (Lipinski definition) is 5. The highest BCUT2D eigenvalue weighted by atomic mass is 32.1. The Labute approximate surface area is 175 Å². The molecular formula is C23H26N4OS. The van der Waals surface area contributed by atoms with Gasteiger partial charge in [-0.15, -0.1) is 10.2 Å². The van der Waals surface area contributed by atoms with Gasteiger partial charge in [0.05, 0.1) is 0 Å². The van der Waals surface area contributed by atoms with E-state index in [0.29, 0.717) is 18.3 Å². The zero-order valence-corrected chi connectivity index (χ0v) is 18.1. The fraction of sp³-hybridized carbons (Fsp3) is 0.348. The van der Waals surface area contributed by atoms with Crippen LogP contribution >= 0.6 is 11.3 Å². The molecular weight excluding hydrogens is 380 g/mol. The molecule has 0 spiro atoms. The second kappa shape index (κ2) is 8.33. The van der Waals surface area contributed by atoms with E-state index in [0.717, 1.165) is 22.1 Å². The molecule has 5 nitrogen and oxygen atoms in total. The normalized spacial score (nSPS) is 12.6. The van der Waals surface area contributed by atoms with Crippen LogP contribution in [-0.4, -0.2) is 19.8 Å². The molecule has 0 amide bonds. The molecule has 0 saturated heterocycles. The molecule has 150 valence electrons. The average Bonchev–Trinajstić information content (AvgIpc) is 3.28. The van der Waals surface area contributed by atoms with Crippen molar-refractivity contribution in [3.8, 4) is 5.75 Å². The van der Waals surface area contributed by atoms with Gasteiger partial charge in [-0.1, -0.05) is 74.1 Å². The Morgan fingerprint density at radius 1 is 0.966 bits per heavy atom. The van der Waals surface area contributed by atoms with Gasteiger partial charge in [-0.05, 0) is 42.5 Å². The van der Waals surface area contributed by atoms with Crippen LogP contribution < -0.4 is 4.74 Å². The van der Waals surface area contributed by atoms with Crippen molar-refractivity contribution in [3.63, 3.8) is 0 Å². The summed E-state index contributed by atoms with van der Waals surface area (Å²) in [6, 6.07) is 16.9. The number of ether oxygens (including phenoxy) is 1. The summed E-state index contributed by atoms with van der Waals surface area (Å²) in [5, 5.41) is 14.3. The minimum Gasteiger partial charge on any atom is -0.486 e. The molecule has 0 aliphatic carbocycles. The number of rotatable bonds is 7. The monoisotopic (exact) mass is 406 g/mol. The Morgan fingerprint density at radius 3 is 2.38 bits per heavy atom. The van der Waals surface area contributed by atoms with E-state index in [1.807, 2.05) is 24.3 Å². The van der Waals surface area contributed by atoms with Crippen molar-refractivity contribution in [2.75, 3.05) is 0 Å². The lowest BCUT2D eigenvalue weighted by Crippen LogP contribution is -2.04. The number of benzene rings is 2. The summed E-state index contributed by atoms with van der Waals surface area (Å²) in [6.45, 7) is 9.07. The fourth-order valence-electron chi connectivity index (χ4n) is 3.28. The lowest BCUT2D eigenvalue weighted by Gasteiger charge is -2.10. The van der Waals surface area contributed by atoms with E-state index in [1.165, 1.54) is 16.7 Å². The predicted octanol–water partition coefficient (Wildman–Crippen LogP) is 5.42. The van der Waals surface area contributed by atoms with Gasteiger partial charge >= 0.3 is 0 Å². The minimum atomic E-state index is 0.209. The van der Waals surface area contributed by atoms with E-state index in [9.17, 15) is 0 Å². The Kier molecular flexibility index (Phi) is 5.62. The zero-order chi connectivity index (χ0) is 20.4. The molecule has 2 aromatic carbocycles. The summed E-state index contributed by atoms with van der Waals surface area (Å²) >= 11 is 1.58. The highest BCUT2D eigenvalue weighted by molar-refractivity contribution is 7.16. The molecule has 0 radical (unpaired) electrons. The molecule has 1 atom stereocenters. The zero-order valence-electron chi connectivity index (χ0n) is 17.3. The number of nitrogens with zero attached hydrogens (tertiary/aromatic N) is 4. The molecule has 0 N–H and O–H groups in total. The van der Waals surface area contributed by atoms with Gasteiger partial charge in [0.25, 0.3) is 0 Å². The molecule has 0 fully saturated rings.